The first-order chi connectivity index (χ1) is 13.5. The second kappa shape index (κ2) is 6.10. The number of carbonyl (C=O) groups is 1. The van der Waals surface area contributed by atoms with Crippen molar-refractivity contribution < 1.29 is 9.90 Å². The zero-order valence-corrected chi connectivity index (χ0v) is 15.2. The number of hydrogen-bond acceptors (Lipinski definition) is 5. The smallest absolute Gasteiger partial charge is 0.323 e. The Balaban J connectivity index is 1.62. The van der Waals surface area contributed by atoms with Crippen molar-refractivity contribution in [1.82, 2.24) is 24.9 Å². The number of aryl methyl sites for hydroxylation is 1. The van der Waals surface area contributed by atoms with E-state index in [4.69, 9.17) is 11.6 Å². The zero-order chi connectivity index (χ0) is 19.4. The summed E-state index contributed by atoms with van der Waals surface area (Å²) in [4.78, 5) is 40.3. The van der Waals surface area contributed by atoms with Gasteiger partial charge in [0, 0.05) is 5.69 Å². The van der Waals surface area contributed by atoms with Crippen LogP contribution in [-0.4, -0.2) is 36.0 Å². The number of halogens is 1. The summed E-state index contributed by atoms with van der Waals surface area (Å²) in [5, 5.41) is 13.8. The van der Waals surface area contributed by atoms with Crippen molar-refractivity contribution in [1.29, 1.82) is 0 Å². The first kappa shape index (κ1) is 16.8. The summed E-state index contributed by atoms with van der Waals surface area (Å²) in [6, 6.07) is 3.38. The van der Waals surface area contributed by atoms with Gasteiger partial charge in [-0.15, -0.1) is 0 Å². The summed E-state index contributed by atoms with van der Waals surface area (Å²) in [5.41, 5.74) is 4.05. The third-order valence-electron chi connectivity index (χ3n) is 5.18. The molecule has 3 heterocycles. The molecule has 1 atom stereocenters. The van der Waals surface area contributed by atoms with Gasteiger partial charge in [0.25, 0.3) is 0 Å². The van der Waals surface area contributed by atoms with Crippen molar-refractivity contribution in [3.05, 3.63) is 45.2 Å². The number of imidazole rings is 1. The lowest BCUT2D eigenvalue weighted by Gasteiger charge is -2.19. The van der Waals surface area contributed by atoms with E-state index in [-0.39, 0.29) is 5.69 Å². The Kier molecular flexibility index (Phi) is 3.66. The summed E-state index contributed by atoms with van der Waals surface area (Å²) in [6.45, 7) is 0. The van der Waals surface area contributed by atoms with E-state index in [1.807, 2.05) is 0 Å². The van der Waals surface area contributed by atoms with Crippen molar-refractivity contribution in [2.24, 2.45) is 5.92 Å². The van der Waals surface area contributed by atoms with Crippen molar-refractivity contribution >= 4 is 51.1 Å². The Morgan fingerprint density at radius 1 is 1.21 bits per heavy atom. The molecule has 3 aromatic heterocycles. The zero-order valence-electron chi connectivity index (χ0n) is 14.5. The van der Waals surface area contributed by atoms with Crippen LogP contribution in [0.25, 0.3) is 22.1 Å². The minimum atomic E-state index is -0.795. The van der Waals surface area contributed by atoms with Gasteiger partial charge in [-0.05, 0) is 37.0 Å². The molecule has 1 unspecified atom stereocenters. The van der Waals surface area contributed by atoms with E-state index in [1.165, 1.54) is 6.33 Å². The largest absolute Gasteiger partial charge is 0.481 e. The van der Waals surface area contributed by atoms with Crippen LogP contribution in [0, 0.1) is 5.92 Å². The molecule has 0 saturated heterocycles. The third-order valence-corrected chi connectivity index (χ3v) is 5.49. The van der Waals surface area contributed by atoms with Crippen molar-refractivity contribution in [2.75, 3.05) is 5.32 Å². The minimum Gasteiger partial charge on any atom is -0.481 e. The molecule has 0 fully saturated rings. The van der Waals surface area contributed by atoms with Gasteiger partial charge in [0.05, 0.1) is 33.0 Å². The molecule has 0 amide bonds. The van der Waals surface area contributed by atoms with Gasteiger partial charge in [0.15, 0.2) is 0 Å². The van der Waals surface area contributed by atoms with Crippen LogP contribution in [-0.2, 0) is 17.6 Å². The van der Waals surface area contributed by atoms with Crippen LogP contribution in [0.1, 0.15) is 17.7 Å². The number of nitrogens with zero attached hydrogens (tertiary/aromatic N) is 2. The van der Waals surface area contributed by atoms with Gasteiger partial charge in [-0.2, -0.15) is 0 Å². The number of carboxylic acids is 1. The molecule has 142 valence electrons. The average molecular weight is 399 g/mol. The van der Waals surface area contributed by atoms with Gasteiger partial charge in [0.2, 0.25) is 0 Å². The molecule has 1 aliphatic carbocycles. The number of H-pyrrole nitrogens is 3. The van der Waals surface area contributed by atoms with Crippen LogP contribution < -0.4 is 11.0 Å². The number of carboxylic acid groups (broad SMARTS) is 1. The van der Waals surface area contributed by atoms with E-state index < -0.39 is 11.9 Å². The standard InChI is InChI=1S/C18H15ClN6O3/c19-9-4-12-13(25-18(28)24-12)5-11(9)23-16-14-8-3-7(17(26)27)1-2-10(8)22-15(14)20-6-21-16/h4-7H,1-3H2,(H,26,27)(H2,24,25,28)(H2,20,21,22,23). The van der Waals surface area contributed by atoms with Gasteiger partial charge in [-0.1, -0.05) is 11.6 Å². The maximum Gasteiger partial charge on any atom is 0.323 e. The molecule has 0 radical (unpaired) electrons. The monoisotopic (exact) mass is 398 g/mol. The van der Waals surface area contributed by atoms with Crippen LogP contribution in [0.5, 0.6) is 0 Å². The molecule has 10 heteroatoms. The van der Waals surface area contributed by atoms with Crippen LogP contribution in [0.15, 0.2) is 23.3 Å². The highest BCUT2D eigenvalue weighted by Gasteiger charge is 2.28. The summed E-state index contributed by atoms with van der Waals surface area (Å²) >= 11 is 6.37. The molecule has 4 aromatic rings. The minimum absolute atomic E-state index is 0.313. The molecule has 9 nitrogen and oxygen atoms in total. The predicted molar refractivity (Wildman–Crippen MR) is 104 cm³/mol. The summed E-state index contributed by atoms with van der Waals surface area (Å²) < 4.78 is 0. The van der Waals surface area contributed by atoms with Crippen LogP contribution in [0.2, 0.25) is 5.02 Å². The Morgan fingerprint density at radius 2 is 2.00 bits per heavy atom. The molecule has 0 bridgehead atoms. The maximum absolute atomic E-state index is 11.5. The molecule has 0 aliphatic heterocycles. The van der Waals surface area contributed by atoms with E-state index >= 15 is 0 Å². The summed E-state index contributed by atoms with van der Waals surface area (Å²) in [7, 11) is 0. The summed E-state index contributed by atoms with van der Waals surface area (Å²) in [6.07, 6.45) is 3.10. The fourth-order valence-electron chi connectivity index (χ4n) is 3.83. The number of rotatable bonds is 3. The molecule has 1 aromatic carbocycles. The van der Waals surface area contributed by atoms with E-state index in [0.717, 1.165) is 16.6 Å². The first-order valence-corrected chi connectivity index (χ1v) is 9.13. The molecular weight excluding hydrogens is 384 g/mol. The topological polar surface area (TPSA) is 140 Å². The Labute approximate surface area is 162 Å². The van der Waals surface area contributed by atoms with Gasteiger partial charge < -0.3 is 25.4 Å². The maximum atomic E-state index is 11.5. The van der Waals surface area contributed by atoms with E-state index in [1.54, 1.807) is 12.1 Å². The third kappa shape index (κ3) is 2.63. The number of hydrogen-bond donors (Lipinski definition) is 5. The van der Waals surface area contributed by atoms with Crippen LogP contribution >= 0.6 is 11.6 Å². The molecule has 0 saturated carbocycles. The quantitative estimate of drug-likeness (QED) is 0.359. The lowest BCUT2D eigenvalue weighted by Crippen LogP contribution is -2.21. The second-order valence-corrected chi connectivity index (χ2v) is 7.29. The number of aromatic amines is 3. The van der Waals surface area contributed by atoms with E-state index in [2.05, 4.69) is 30.2 Å². The second-order valence-electron chi connectivity index (χ2n) is 6.89. The number of fused-ring (bicyclic) bond motifs is 4. The average Bonchev–Trinajstić information content (AvgIpc) is 3.20. The number of benzene rings is 1. The molecule has 5 N–H and O–H groups in total. The van der Waals surface area contributed by atoms with E-state index in [9.17, 15) is 14.7 Å². The first-order valence-electron chi connectivity index (χ1n) is 8.75. The van der Waals surface area contributed by atoms with Crippen LogP contribution in [0.3, 0.4) is 0 Å². The normalized spacial score (nSPS) is 16.4. The molecule has 1 aliphatic rings. The van der Waals surface area contributed by atoms with E-state index in [0.29, 0.717) is 52.5 Å². The molecular formula is C18H15ClN6O3. The number of aliphatic carboxylic acids is 1. The number of nitrogens with one attached hydrogen (secondary N) is 4. The Hall–Kier alpha value is -3.33. The molecule has 5 rings (SSSR count). The molecule has 0 spiro atoms. The SMILES string of the molecule is O=C(O)C1CCc2[nH]c3ncnc(Nc4cc5[nH]c(=O)[nH]c5cc4Cl)c3c2C1. The van der Waals surface area contributed by atoms with Gasteiger partial charge in [-0.25, -0.2) is 14.8 Å². The fraction of sp³-hybridized carbons (Fsp3) is 0.222. The predicted octanol–water partition coefficient (Wildman–Crippen LogP) is 2.71. The van der Waals surface area contributed by atoms with Crippen molar-refractivity contribution in [3.8, 4) is 0 Å². The summed E-state index contributed by atoms with van der Waals surface area (Å²) in [5.74, 6) is -0.687. The van der Waals surface area contributed by atoms with Crippen molar-refractivity contribution in [2.45, 2.75) is 19.3 Å². The van der Waals surface area contributed by atoms with Gasteiger partial charge in [-0.3, -0.25) is 4.79 Å². The Morgan fingerprint density at radius 3 is 2.79 bits per heavy atom. The van der Waals surface area contributed by atoms with Crippen LogP contribution in [0.4, 0.5) is 11.5 Å². The number of aromatic nitrogens is 5. The lowest BCUT2D eigenvalue weighted by atomic mass is 9.86. The molecule has 28 heavy (non-hydrogen) atoms. The van der Waals surface area contributed by atoms with Crippen molar-refractivity contribution in [3.63, 3.8) is 0 Å². The lowest BCUT2D eigenvalue weighted by molar-refractivity contribution is -0.142. The number of anilines is 2. The highest BCUT2D eigenvalue weighted by atomic mass is 35.5. The fourth-order valence-corrected chi connectivity index (χ4v) is 4.04. The Bertz CT molecular complexity index is 1300. The van der Waals surface area contributed by atoms with Gasteiger partial charge in [0.1, 0.15) is 17.8 Å². The highest BCUT2D eigenvalue weighted by Crippen LogP contribution is 2.36. The van der Waals surface area contributed by atoms with Gasteiger partial charge >= 0.3 is 11.7 Å². The highest BCUT2D eigenvalue weighted by molar-refractivity contribution is 6.34.